The van der Waals surface area contributed by atoms with Crippen molar-refractivity contribution in [1.29, 1.82) is 0 Å². The molecule has 0 spiro atoms. The van der Waals surface area contributed by atoms with Gasteiger partial charge in [-0.1, -0.05) is 12.1 Å². The molecule has 0 aromatic heterocycles. The first-order valence-corrected chi connectivity index (χ1v) is 7.03. The zero-order valence-corrected chi connectivity index (χ0v) is 12.8. The van der Waals surface area contributed by atoms with Gasteiger partial charge in [0.05, 0.1) is 14.2 Å². The first-order chi connectivity index (χ1) is 10.7. The van der Waals surface area contributed by atoms with Crippen molar-refractivity contribution in [2.24, 2.45) is 0 Å². The first kappa shape index (κ1) is 15.7. The van der Waals surface area contributed by atoms with Gasteiger partial charge in [0.1, 0.15) is 5.75 Å². The predicted octanol–water partition coefficient (Wildman–Crippen LogP) is 3.53. The second kappa shape index (κ2) is 7.93. The summed E-state index contributed by atoms with van der Waals surface area (Å²) in [6, 6.07) is 15.5. The lowest BCUT2D eigenvalue weighted by Crippen LogP contribution is -2.11. The highest BCUT2D eigenvalue weighted by molar-refractivity contribution is 5.84. The molecular weight excluding hydrogens is 280 g/mol. The van der Waals surface area contributed by atoms with Gasteiger partial charge in [-0.25, -0.2) is 4.79 Å². The van der Waals surface area contributed by atoms with E-state index in [1.165, 1.54) is 12.7 Å². The summed E-state index contributed by atoms with van der Waals surface area (Å²) in [5.41, 5.74) is 2.95. The van der Waals surface area contributed by atoms with Gasteiger partial charge in [-0.15, -0.1) is 0 Å². The van der Waals surface area contributed by atoms with E-state index in [0.717, 1.165) is 24.4 Å². The van der Waals surface area contributed by atoms with Crippen molar-refractivity contribution >= 4 is 17.5 Å². The molecule has 1 amide bonds. The number of benzene rings is 2. The molecule has 2 N–H and O–H groups in total. The minimum absolute atomic E-state index is 0.472. The highest BCUT2D eigenvalue weighted by atomic mass is 16.5. The molecule has 0 aliphatic heterocycles. The Bertz CT molecular complexity index is 594. The predicted molar refractivity (Wildman–Crippen MR) is 87.7 cm³/mol. The van der Waals surface area contributed by atoms with Crippen molar-refractivity contribution in [3.05, 3.63) is 54.1 Å². The molecule has 0 aliphatic carbocycles. The van der Waals surface area contributed by atoms with Crippen LogP contribution in [0, 0.1) is 0 Å². The van der Waals surface area contributed by atoms with Crippen molar-refractivity contribution < 1.29 is 14.3 Å². The highest BCUT2D eigenvalue weighted by Gasteiger charge is 2.00. The van der Waals surface area contributed by atoms with Gasteiger partial charge in [-0.2, -0.15) is 0 Å². The Balaban J connectivity index is 1.80. The molecule has 0 bridgehead atoms. The molecule has 116 valence electrons. The second-order valence-electron chi connectivity index (χ2n) is 4.72. The summed E-state index contributed by atoms with van der Waals surface area (Å²) in [7, 11) is 3.00. The van der Waals surface area contributed by atoms with Crippen LogP contribution in [0.1, 0.15) is 5.56 Å². The SMILES string of the molecule is COC(=O)Nc1ccc(NCCc2ccc(OC)cc2)cc1. The molecule has 22 heavy (non-hydrogen) atoms. The van der Waals surface area contributed by atoms with Gasteiger partial charge in [0, 0.05) is 17.9 Å². The van der Waals surface area contributed by atoms with E-state index in [0.29, 0.717) is 5.69 Å². The van der Waals surface area contributed by atoms with Crippen molar-refractivity contribution in [2.75, 3.05) is 31.4 Å². The van der Waals surface area contributed by atoms with Crippen molar-refractivity contribution in [3.63, 3.8) is 0 Å². The van der Waals surface area contributed by atoms with Crippen LogP contribution in [0.25, 0.3) is 0 Å². The van der Waals surface area contributed by atoms with Crippen LogP contribution < -0.4 is 15.4 Å². The number of anilines is 2. The lowest BCUT2D eigenvalue weighted by molar-refractivity contribution is 0.187. The Kier molecular flexibility index (Phi) is 5.65. The maximum absolute atomic E-state index is 11.1. The number of carbonyl (C=O) groups excluding carboxylic acids is 1. The minimum Gasteiger partial charge on any atom is -0.497 e. The standard InChI is InChI=1S/C17H20N2O3/c1-21-16-9-3-13(4-10-16)11-12-18-14-5-7-15(8-6-14)19-17(20)22-2/h3-10,18H,11-12H2,1-2H3,(H,19,20). The number of carbonyl (C=O) groups is 1. The average Bonchev–Trinajstić information content (AvgIpc) is 2.57. The molecule has 2 rings (SSSR count). The normalized spacial score (nSPS) is 9.91. The van der Waals surface area contributed by atoms with Gasteiger partial charge in [0.25, 0.3) is 0 Å². The Hall–Kier alpha value is -2.69. The number of amides is 1. The maximum atomic E-state index is 11.1. The zero-order chi connectivity index (χ0) is 15.8. The summed E-state index contributed by atoms with van der Waals surface area (Å²) in [4.78, 5) is 11.1. The van der Waals surface area contributed by atoms with Crippen molar-refractivity contribution in [1.82, 2.24) is 0 Å². The van der Waals surface area contributed by atoms with Crippen molar-refractivity contribution in [2.45, 2.75) is 6.42 Å². The zero-order valence-electron chi connectivity index (χ0n) is 12.8. The van der Waals surface area contributed by atoms with Crippen LogP contribution in [0.5, 0.6) is 5.75 Å². The van der Waals surface area contributed by atoms with Crippen LogP contribution in [-0.2, 0) is 11.2 Å². The van der Waals surface area contributed by atoms with Gasteiger partial charge < -0.3 is 14.8 Å². The van der Waals surface area contributed by atoms with Crippen molar-refractivity contribution in [3.8, 4) is 5.75 Å². The molecule has 5 heteroatoms. The molecule has 2 aromatic carbocycles. The lowest BCUT2D eigenvalue weighted by Gasteiger charge is -2.08. The van der Waals surface area contributed by atoms with Gasteiger partial charge in [-0.3, -0.25) is 5.32 Å². The van der Waals surface area contributed by atoms with E-state index >= 15 is 0 Å². The van der Waals surface area contributed by atoms with E-state index in [4.69, 9.17) is 4.74 Å². The first-order valence-electron chi connectivity index (χ1n) is 7.03. The van der Waals surface area contributed by atoms with E-state index in [2.05, 4.69) is 27.5 Å². The number of hydrogen-bond donors (Lipinski definition) is 2. The summed E-state index contributed by atoms with van der Waals surface area (Å²) >= 11 is 0. The third-order valence-electron chi connectivity index (χ3n) is 3.22. The number of nitrogens with one attached hydrogen (secondary N) is 2. The molecule has 5 nitrogen and oxygen atoms in total. The van der Waals surface area contributed by atoms with E-state index < -0.39 is 6.09 Å². The molecule has 0 saturated carbocycles. The number of hydrogen-bond acceptors (Lipinski definition) is 4. The molecule has 2 aromatic rings. The van der Waals surface area contributed by atoms with Crippen LogP contribution in [0.15, 0.2) is 48.5 Å². The number of methoxy groups -OCH3 is 2. The molecule has 0 unspecified atom stereocenters. The maximum Gasteiger partial charge on any atom is 0.411 e. The second-order valence-corrected chi connectivity index (χ2v) is 4.72. The fourth-order valence-corrected chi connectivity index (χ4v) is 1.98. The Morgan fingerprint density at radius 1 is 0.955 bits per heavy atom. The fraction of sp³-hybridized carbons (Fsp3) is 0.235. The molecule has 0 aliphatic rings. The summed E-state index contributed by atoms with van der Waals surface area (Å²) in [5, 5.41) is 5.95. The van der Waals surface area contributed by atoms with Crippen LogP contribution in [0.3, 0.4) is 0 Å². The van der Waals surface area contributed by atoms with Gasteiger partial charge >= 0.3 is 6.09 Å². The minimum atomic E-state index is -0.472. The molecule has 0 atom stereocenters. The average molecular weight is 300 g/mol. The molecule has 0 fully saturated rings. The van der Waals surface area contributed by atoms with Crippen LogP contribution >= 0.6 is 0 Å². The summed E-state index contributed by atoms with van der Waals surface area (Å²) in [6.45, 7) is 0.829. The lowest BCUT2D eigenvalue weighted by atomic mass is 10.1. The summed E-state index contributed by atoms with van der Waals surface area (Å²) < 4.78 is 9.68. The Labute approximate surface area is 130 Å². The Morgan fingerprint density at radius 2 is 1.59 bits per heavy atom. The van der Waals surface area contributed by atoms with E-state index in [-0.39, 0.29) is 0 Å². The topological polar surface area (TPSA) is 59.6 Å². The largest absolute Gasteiger partial charge is 0.497 e. The fourth-order valence-electron chi connectivity index (χ4n) is 1.98. The summed E-state index contributed by atoms with van der Waals surface area (Å²) in [6.07, 6.45) is 0.451. The molecule has 0 saturated heterocycles. The third kappa shape index (κ3) is 4.70. The number of ether oxygens (including phenoxy) is 2. The van der Waals surface area contributed by atoms with Crippen LogP contribution in [-0.4, -0.2) is 26.9 Å². The van der Waals surface area contributed by atoms with Gasteiger partial charge in [0.15, 0.2) is 0 Å². The monoisotopic (exact) mass is 300 g/mol. The number of rotatable bonds is 6. The Morgan fingerprint density at radius 3 is 2.18 bits per heavy atom. The van der Waals surface area contributed by atoms with E-state index in [1.54, 1.807) is 7.11 Å². The van der Waals surface area contributed by atoms with Gasteiger partial charge in [0.2, 0.25) is 0 Å². The van der Waals surface area contributed by atoms with E-state index in [1.807, 2.05) is 36.4 Å². The smallest absolute Gasteiger partial charge is 0.411 e. The van der Waals surface area contributed by atoms with E-state index in [9.17, 15) is 4.79 Å². The van der Waals surface area contributed by atoms with Gasteiger partial charge in [-0.05, 0) is 48.4 Å². The summed E-state index contributed by atoms with van der Waals surface area (Å²) in [5.74, 6) is 0.866. The molecular formula is C17H20N2O3. The quantitative estimate of drug-likeness (QED) is 0.857. The van der Waals surface area contributed by atoms with Crippen LogP contribution in [0.2, 0.25) is 0 Å². The highest BCUT2D eigenvalue weighted by Crippen LogP contribution is 2.15. The van der Waals surface area contributed by atoms with Crippen LogP contribution in [0.4, 0.5) is 16.2 Å². The third-order valence-corrected chi connectivity index (χ3v) is 3.22. The molecule has 0 radical (unpaired) electrons. The molecule has 0 heterocycles.